The molecule has 84 valence electrons. The van der Waals surface area contributed by atoms with E-state index in [4.69, 9.17) is 16.4 Å². The van der Waals surface area contributed by atoms with Gasteiger partial charge < -0.3 is 9.63 Å². The van der Waals surface area contributed by atoms with E-state index < -0.39 is 5.60 Å². The molecule has 0 saturated carbocycles. The highest BCUT2D eigenvalue weighted by Crippen LogP contribution is 2.31. The number of rotatable bonds is 2. The van der Waals surface area contributed by atoms with E-state index in [1.807, 2.05) is 26.0 Å². The van der Waals surface area contributed by atoms with Gasteiger partial charge in [0.25, 0.3) is 0 Å². The second-order valence-electron chi connectivity index (χ2n) is 4.29. The summed E-state index contributed by atoms with van der Waals surface area (Å²) in [5.41, 5.74) is 0.959. The first-order chi connectivity index (χ1) is 7.54. The smallest absolute Gasteiger partial charge is 0.147 e. The van der Waals surface area contributed by atoms with E-state index in [-0.39, 0.29) is 5.92 Å². The molecular formula is C12H12ClNO2. The summed E-state index contributed by atoms with van der Waals surface area (Å²) in [6.07, 6.45) is 0.875. The maximum Gasteiger partial charge on any atom is 0.147 e. The highest BCUT2D eigenvalue weighted by molar-refractivity contribution is 6.30. The van der Waals surface area contributed by atoms with E-state index >= 15 is 0 Å². The first-order valence-corrected chi connectivity index (χ1v) is 5.40. The second-order valence-corrected chi connectivity index (χ2v) is 4.73. The van der Waals surface area contributed by atoms with Crippen LogP contribution < -0.4 is 0 Å². The minimum absolute atomic E-state index is 0.339. The number of carbonyl (C=O) groups is 1. The highest BCUT2D eigenvalue weighted by atomic mass is 35.5. The minimum atomic E-state index is -0.573. The van der Waals surface area contributed by atoms with Crippen LogP contribution in [0, 0.1) is 5.92 Å². The Morgan fingerprint density at radius 3 is 2.56 bits per heavy atom. The molecule has 1 aromatic carbocycles. The minimum Gasteiger partial charge on any atom is -0.388 e. The predicted octanol–water partition coefficient (Wildman–Crippen LogP) is 2.67. The maximum absolute atomic E-state index is 11.1. The van der Waals surface area contributed by atoms with Crippen molar-refractivity contribution in [3.63, 3.8) is 0 Å². The van der Waals surface area contributed by atoms with E-state index in [9.17, 15) is 4.79 Å². The number of benzene rings is 1. The van der Waals surface area contributed by atoms with Crippen molar-refractivity contribution in [1.82, 2.24) is 0 Å². The lowest BCUT2D eigenvalue weighted by Crippen LogP contribution is -2.34. The van der Waals surface area contributed by atoms with Crippen LogP contribution in [0.25, 0.3) is 0 Å². The van der Waals surface area contributed by atoms with E-state index in [1.165, 1.54) is 0 Å². The summed E-state index contributed by atoms with van der Waals surface area (Å²) in [5, 5.41) is 4.64. The van der Waals surface area contributed by atoms with Gasteiger partial charge >= 0.3 is 0 Å². The normalized spacial score (nSPS) is 22.4. The average molecular weight is 238 g/mol. The van der Waals surface area contributed by atoms with Crippen LogP contribution in [0.2, 0.25) is 5.02 Å². The molecule has 1 aliphatic rings. The summed E-state index contributed by atoms with van der Waals surface area (Å²) in [6, 6.07) is 7.21. The Bertz CT molecular complexity index is 437. The fourth-order valence-corrected chi connectivity index (χ4v) is 1.82. The van der Waals surface area contributed by atoms with Gasteiger partial charge in [-0.15, -0.1) is 0 Å². The van der Waals surface area contributed by atoms with Crippen molar-refractivity contribution < 1.29 is 9.63 Å². The quantitative estimate of drug-likeness (QED) is 0.742. The van der Waals surface area contributed by atoms with Crippen LogP contribution in [0.4, 0.5) is 0 Å². The highest BCUT2D eigenvalue weighted by Gasteiger charge is 2.41. The van der Waals surface area contributed by atoms with Crippen LogP contribution >= 0.6 is 11.6 Å². The van der Waals surface area contributed by atoms with Crippen LogP contribution in [-0.2, 0) is 9.63 Å². The Labute approximate surface area is 99.0 Å². The van der Waals surface area contributed by atoms with Crippen molar-refractivity contribution in [3.8, 4) is 0 Å². The van der Waals surface area contributed by atoms with Gasteiger partial charge in [0.1, 0.15) is 23.5 Å². The van der Waals surface area contributed by atoms with Crippen LogP contribution in [0.3, 0.4) is 0 Å². The number of aldehydes is 1. The van der Waals surface area contributed by atoms with E-state index in [2.05, 4.69) is 5.16 Å². The Hall–Kier alpha value is -1.35. The molecule has 0 spiro atoms. The van der Waals surface area contributed by atoms with Gasteiger partial charge in [0.2, 0.25) is 0 Å². The maximum atomic E-state index is 11.1. The largest absolute Gasteiger partial charge is 0.388 e. The SMILES string of the molecule is CC1(C)ON=C(c2ccc(Cl)cc2)C1C=O. The van der Waals surface area contributed by atoms with Crippen molar-refractivity contribution in [2.24, 2.45) is 11.1 Å². The predicted molar refractivity (Wildman–Crippen MR) is 62.7 cm³/mol. The molecule has 2 rings (SSSR count). The third kappa shape index (κ3) is 1.83. The third-order valence-corrected chi connectivity index (χ3v) is 2.95. The zero-order valence-corrected chi connectivity index (χ0v) is 9.86. The number of halogens is 1. The third-order valence-electron chi connectivity index (χ3n) is 2.70. The topological polar surface area (TPSA) is 38.7 Å². The lowest BCUT2D eigenvalue weighted by Gasteiger charge is -2.20. The number of carbonyl (C=O) groups excluding carboxylic acids is 1. The van der Waals surface area contributed by atoms with Crippen molar-refractivity contribution >= 4 is 23.6 Å². The van der Waals surface area contributed by atoms with Crippen molar-refractivity contribution in [2.45, 2.75) is 19.4 Å². The van der Waals surface area contributed by atoms with Gasteiger partial charge in [0, 0.05) is 10.6 Å². The molecule has 0 aromatic heterocycles. The summed E-state index contributed by atoms with van der Waals surface area (Å²) < 4.78 is 0. The van der Waals surface area contributed by atoms with Crippen molar-refractivity contribution in [3.05, 3.63) is 34.9 Å². The summed E-state index contributed by atoms with van der Waals surface area (Å²) in [4.78, 5) is 16.4. The molecule has 0 bridgehead atoms. The standard InChI is InChI=1S/C12H12ClNO2/c1-12(2)10(7-15)11(14-16-12)8-3-5-9(13)6-4-8/h3-7,10H,1-2H3. The molecule has 4 heteroatoms. The van der Waals surface area contributed by atoms with Gasteiger partial charge in [-0.2, -0.15) is 0 Å². The molecule has 1 unspecified atom stereocenters. The molecular weight excluding hydrogens is 226 g/mol. The average Bonchev–Trinajstić information content (AvgIpc) is 2.54. The van der Waals surface area contributed by atoms with Crippen LogP contribution in [0.5, 0.6) is 0 Å². The summed E-state index contributed by atoms with van der Waals surface area (Å²) in [5.74, 6) is -0.339. The molecule has 0 aliphatic carbocycles. The first-order valence-electron chi connectivity index (χ1n) is 5.02. The summed E-state index contributed by atoms with van der Waals surface area (Å²) in [6.45, 7) is 3.69. The van der Waals surface area contributed by atoms with Gasteiger partial charge in [-0.1, -0.05) is 28.9 Å². The zero-order valence-electron chi connectivity index (χ0n) is 9.11. The number of oxime groups is 1. The van der Waals surface area contributed by atoms with Crippen molar-refractivity contribution in [2.75, 3.05) is 0 Å². The van der Waals surface area contributed by atoms with Gasteiger partial charge in [-0.05, 0) is 26.0 Å². The second kappa shape index (κ2) is 3.91. The fraction of sp³-hybridized carbons (Fsp3) is 0.333. The van der Waals surface area contributed by atoms with Gasteiger partial charge in [0.05, 0.1) is 0 Å². The molecule has 1 atom stereocenters. The zero-order chi connectivity index (χ0) is 11.8. The van der Waals surface area contributed by atoms with Crippen molar-refractivity contribution in [1.29, 1.82) is 0 Å². The molecule has 0 saturated heterocycles. The first kappa shape index (κ1) is 11.1. The summed E-state index contributed by atoms with van der Waals surface area (Å²) in [7, 11) is 0. The number of hydrogen-bond donors (Lipinski definition) is 0. The van der Waals surface area contributed by atoms with Gasteiger partial charge in [-0.3, -0.25) is 0 Å². The molecule has 0 amide bonds. The molecule has 1 aromatic rings. The van der Waals surface area contributed by atoms with Gasteiger partial charge in [0.15, 0.2) is 0 Å². The summed E-state index contributed by atoms with van der Waals surface area (Å²) >= 11 is 5.80. The number of hydrogen-bond acceptors (Lipinski definition) is 3. The lowest BCUT2D eigenvalue weighted by atomic mass is 9.86. The Morgan fingerprint density at radius 2 is 2.00 bits per heavy atom. The molecule has 1 aliphatic heterocycles. The van der Waals surface area contributed by atoms with E-state index in [0.717, 1.165) is 11.8 Å². The van der Waals surface area contributed by atoms with Crippen LogP contribution in [0.15, 0.2) is 29.4 Å². The van der Waals surface area contributed by atoms with Crippen LogP contribution in [0.1, 0.15) is 19.4 Å². The fourth-order valence-electron chi connectivity index (χ4n) is 1.69. The number of nitrogens with zero attached hydrogens (tertiary/aromatic N) is 1. The monoisotopic (exact) mass is 237 g/mol. The Morgan fingerprint density at radius 1 is 1.38 bits per heavy atom. The lowest BCUT2D eigenvalue weighted by molar-refractivity contribution is -0.115. The van der Waals surface area contributed by atoms with Gasteiger partial charge in [-0.25, -0.2) is 0 Å². The molecule has 16 heavy (non-hydrogen) atoms. The molecule has 0 fully saturated rings. The molecule has 0 radical (unpaired) electrons. The van der Waals surface area contributed by atoms with E-state index in [1.54, 1.807) is 12.1 Å². The molecule has 3 nitrogen and oxygen atoms in total. The Kier molecular flexibility index (Phi) is 2.72. The molecule has 1 heterocycles. The molecule has 0 N–H and O–H groups in total. The van der Waals surface area contributed by atoms with Crippen LogP contribution in [-0.4, -0.2) is 17.6 Å². The van der Waals surface area contributed by atoms with E-state index in [0.29, 0.717) is 10.7 Å². The Balaban J connectivity index is 2.35.